The maximum atomic E-state index is 13.5. The van der Waals surface area contributed by atoms with E-state index in [1.54, 1.807) is 31.4 Å². The molecule has 0 saturated heterocycles. The molecule has 0 fully saturated rings. The van der Waals surface area contributed by atoms with Crippen molar-refractivity contribution < 1.29 is 28.3 Å². The van der Waals surface area contributed by atoms with Crippen LogP contribution in [0.3, 0.4) is 0 Å². The van der Waals surface area contributed by atoms with Crippen molar-refractivity contribution in [1.29, 1.82) is 0 Å². The first-order valence-electron chi connectivity index (χ1n) is 15.1. The number of benzene rings is 4. The van der Waals surface area contributed by atoms with Gasteiger partial charge in [-0.25, -0.2) is 0 Å². The molecule has 0 spiro atoms. The van der Waals surface area contributed by atoms with Crippen LogP contribution in [0.25, 0.3) is 11.3 Å². The molecule has 5 rings (SSSR count). The second kappa shape index (κ2) is 15.0. The van der Waals surface area contributed by atoms with Gasteiger partial charge in [0.25, 0.3) is 5.91 Å². The fourth-order valence-corrected chi connectivity index (χ4v) is 4.88. The molecule has 1 aromatic heterocycles. The summed E-state index contributed by atoms with van der Waals surface area (Å²) in [5.41, 5.74) is 9.55. The summed E-state index contributed by atoms with van der Waals surface area (Å²) in [4.78, 5) is 26.6. The Hall–Kier alpha value is -5.41. The standard InChI is InChI=1S/C37H37N3O6/c1-24(2)29-20-30(33(45-23-26-12-8-5-9-13-26)21-32(29)44-22-25-10-6-4-7-11-25)36-35(34(40-46-36)31(41)18-19-38)39-37(42)27-14-16-28(43-3)17-15-27/h4-17,20-21,24H,18-19,22-23,38H2,1-3H3,(H,39,42). The summed E-state index contributed by atoms with van der Waals surface area (Å²) in [5.74, 6) is 1.11. The molecular weight excluding hydrogens is 582 g/mol. The van der Waals surface area contributed by atoms with E-state index in [0.29, 0.717) is 35.0 Å². The highest BCUT2D eigenvalue weighted by Gasteiger charge is 2.28. The SMILES string of the molecule is COc1ccc(C(=O)Nc2c(C(=O)CCN)noc2-c2cc(C(C)C)c(OCc3ccccc3)cc2OCc2ccccc2)cc1. The number of anilines is 1. The monoisotopic (exact) mass is 619 g/mol. The fourth-order valence-electron chi connectivity index (χ4n) is 4.88. The van der Waals surface area contributed by atoms with Crippen LogP contribution in [0.4, 0.5) is 5.69 Å². The van der Waals surface area contributed by atoms with Crippen molar-refractivity contribution in [3.63, 3.8) is 0 Å². The van der Waals surface area contributed by atoms with Crippen LogP contribution < -0.4 is 25.3 Å². The van der Waals surface area contributed by atoms with Crippen LogP contribution in [0.1, 0.15) is 63.7 Å². The molecular formula is C37H37N3O6. The van der Waals surface area contributed by atoms with Gasteiger partial charge in [0.15, 0.2) is 17.2 Å². The second-order valence-corrected chi connectivity index (χ2v) is 11.0. The highest BCUT2D eigenvalue weighted by atomic mass is 16.5. The first kappa shape index (κ1) is 32.0. The Morgan fingerprint density at radius 3 is 2.02 bits per heavy atom. The molecule has 1 amide bonds. The van der Waals surface area contributed by atoms with Gasteiger partial charge in [-0.1, -0.05) is 79.7 Å². The molecule has 9 heteroatoms. The normalized spacial score (nSPS) is 10.9. The first-order chi connectivity index (χ1) is 22.4. The van der Waals surface area contributed by atoms with E-state index in [4.69, 9.17) is 24.5 Å². The molecule has 0 aliphatic rings. The number of hydrogen-bond acceptors (Lipinski definition) is 8. The molecule has 5 aromatic rings. The molecule has 46 heavy (non-hydrogen) atoms. The molecule has 3 N–H and O–H groups in total. The van der Waals surface area contributed by atoms with Gasteiger partial charge in [-0.15, -0.1) is 0 Å². The highest BCUT2D eigenvalue weighted by molar-refractivity contribution is 6.11. The summed E-state index contributed by atoms with van der Waals surface area (Å²) in [7, 11) is 1.55. The number of carbonyl (C=O) groups is 2. The van der Waals surface area contributed by atoms with Gasteiger partial charge in [0.2, 0.25) is 0 Å². The van der Waals surface area contributed by atoms with Gasteiger partial charge in [0.05, 0.1) is 12.7 Å². The van der Waals surface area contributed by atoms with E-state index >= 15 is 0 Å². The van der Waals surface area contributed by atoms with E-state index in [0.717, 1.165) is 16.7 Å². The molecule has 0 aliphatic heterocycles. The zero-order valence-corrected chi connectivity index (χ0v) is 26.1. The molecule has 0 radical (unpaired) electrons. The number of ketones is 1. The quantitative estimate of drug-likeness (QED) is 0.123. The minimum Gasteiger partial charge on any atom is -0.497 e. The third kappa shape index (κ3) is 7.62. The minimum absolute atomic E-state index is 0.0215. The molecule has 0 saturated carbocycles. The van der Waals surface area contributed by atoms with Crippen molar-refractivity contribution in [2.75, 3.05) is 19.0 Å². The minimum atomic E-state index is -0.451. The van der Waals surface area contributed by atoms with Gasteiger partial charge in [-0.2, -0.15) is 0 Å². The third-order valence-corrected chi connectivity index (χ3v) is 7.37. The molecule has 9 nitrogen and oxygen atoms in total. The van der Waals surface area contributed by atoms with Crippen molar-refractivity contribution in [2.45, 2.75) is 39.4 Å². The number of aromatic nitrogens is 1. The Kier molecular flexibility index (Phi) is 10.5. The smallest absolute Gasteiger partial charge is 0.255 e. The summed E-state index contributed by atoms with van der Waals surface area (Å²) >= 11 is 0. The predicted octanol–water partition coefficient (Wildman–Crippen LogP) is 7.42. The van der Waals surface area contributed by atoms with E-state index in [2.05, 4.69) is 24.3 Å². The van der Waals surface area contributed by atoms with E-state index < -0.39 is 5.91 Å². The number of rotatable bonds is 14. The van der Waals surface area contributed by atoms with Crippen LogP contribution in [0.15, 0.2) is 102 Å². The Morgan fingerprint density at radius 2 is 1.46 bits per heavy atom. The average molecular weight is 620 g/mol. The summed E-state index contributed by atoms with van der Waals surface area (Å²) in [6.07, 6.45) is 0.0260. The van der Waals surface area contributed by atoms with Gasteiger partial charge >= 0.3 is 0 Å². The summed E-state index contributed by atoms with van der Waals surface area (Å²) < 4.78 is 23.8. The number of methoxy groups -OCH3 is 1. The van der Waals surface area contributed by atoms with Crippen LogP contribution in [0.2, 0.25) is 0 Å². The molecule has 236 valence electrons. The largest absolute Gasteiger partial charge is 0.497 e. The van der Waals surface area contributed by atoms with Crippen molar-refractivity contribution >= 4 is 17.4 Å². The lowest BCUT2D eigenvalue weighted by Gasteiger charge is -2.19. The lowest BCUT2D eigenvalue weighted by Crippen LogP contribution is -2.16. The summed E-state index contributed by atoms with van der Waals surface area (Å²) in [6, 6.07) is 30.0. The molecule has 0 atom stereocenters. The Bertz CT molecular complexity index is 1770. The maximum absolute atomic E-state index is 13.5. The number of carbonyl (C=O) groups excluding carboxylic acids is 2. The maximum Gasteiger partial charge on any atom is 0.255 e. The molecule has 0 unspecified atom stereocenters. The Morgan fingerprint density at radius 1 is 0.848 bits per heavy atom. The fraction of sp³-hybridized carbons (Fsp3) is 0.216. The molecule has 4 aromatic carbocycles. The molecule has 1 heterocycles. The van der Waals surface area contributed by atoms with Gasteiger partial charge < -0.3 is 29.8 Å². The second-order valence-electron chi connectivity index (χ2n) is 11.0. The van der Waals surface area contributed by atoms with Gasteiger partial charge in [-0.3, -0.25) is 9.59 Å². The Balaban J connectivity index is 1.60. The lowest BCUT2D eigenvalue weighted by atomic mass is 9.96. The first-order valence-corrected chi connectivity index (χ1v) is 15.1. The number of nitrogens with one attached hydrogen (secondary N) is 1. The topological polar surface area (TPSA) is 126 Å². The number of hydrogen-bond donors (Lipinski definition) is 2. The summed E-state index contributed by atoms with van der Waals surface area (Å²) in [6.45, 7) is 4.85. The van der Waals surface area contributed by atoms with Crippen molar-refractivity contribution in [3.8, 4) is 28.6 Å². The number of nitrogens with zero attached hydrogens (tertiary/aromatic N) is 1. The zero-order valence-electron chi connectivity index (χ0n) is 26.1. The van der Waals surface area contributed by atoms with E-state index in [9.17, 15) is 9.59 Å². The number of nitrogens with two attached hydrogens (primary N) is 1. The van der Waals surface area contributed by atoms with Gasteiger partial charge in [0.1, 0.15) is 36.1 Å². The van der Waals surface area contributed by atoms with Gasteiger partial charge in [-0.05, 0) is 59.5 Å². The molecule has 0 aliphatic carbocycles. The van der Waals surface area contributed by atoms with Crippen molar-refractivity contribution in [2.24, 2.45) is 5.73 Å². The van der Waals surface area contributed by atoms with Crippen LogP contribution in [0.5, 0.6) is 17.2 Å². The molecule has 0 bridgehead atoms. The Labute approximate surface area is 268 Å². The van der Waals surface area contributed by atoms with Crippen molar-refractivity contribution in [1.82, 2.24) is 5.16 Å². The lowest BCUT2D eigenvalue weighted by molar-refractivity contribution is 0.0977. The highest BCUT2D eigenvalue weighted by Crippen LogP contribution is 2.43. The van der Waals surface area contributed by atoms with E-state index in [1.807, 2.05) is 72.8 Å². The zero-order chi connectivity index (χ0) is 32.5. The predicted molar refractivity (Wildman–Crippen MR) is 177 cm³/mol. The number of amides is 1. The summed E-state index contributed by atoms with van der Waals surface area (Å²) in [5, 5.41) is 6.99. The average Bonchev–Trinajstić information content (AvgIpc) is 3.50. The third-order valence-electron chi connectivity index (χ3n) is 7.37. The van der Waals surface area contributed by atoms with Crippen molar-refractivity contribution in [3.05, 3.63) is 125 Å². The van der Waals surface area contributed by atoms with E-state index in [-0.39, 0.29) is 48.4 Å². The number of Topliss-reactive ketones (excluding diaryl/α,β-unsaturated/α-hetero) is 1. The van der Waals surface area contributed by atoms with Crippen LogP contribution in [-0.2, 0) is 13.2 Å². The van der Waals surface area contributed by atoms with Crippen LogP contribution in [-0.4, -0.2) is 30.5 Å². The number of ether oxygens (including phenoxy) is 3. The van der Waals surface area contributed by atoms with E-state index in [1.165, 1.54) is 0 Å². The van der Waals surface area contributed by atoms with Crippen LogP contribution >= 0.6 is 0 Å². The van der Waals surface area contributed by atoms with Crippen LogP contribution in [0, 0.1) is 0 Å². The van der Waals surface area contributed by atoms with Gasteiger partial charge in [0, 0.05) is 18.1 Å².